The lowest BCUT2D eigenvalue weighted by Crippen LogP contribution is -2.52. The lowest BCUT2D eigenvalue weighted by molar-refractivity contribution is 0.101. The van der Waals surface area contributed by atoms with Crippen LogP contribution < -0.4 is 9.46 Å². The zero-order valence-corrected chi connectivity index (χ0v) is 15.0. The second kappa shape index (κ2) is 6.00. The van der Waals surface area contributed by atoms with Crippen molar-refractivity contribution in [2.45, 2.75) is 49.9 Å². The number of benzene rings is 1. The molecule has 2 aliphatic carbocycles. The summed E-state index contributed by atoms with van der Waals surface area (Å²) in [4.78, 5) is 2.49. The van der Waals surface area contributed by atoms with Crippen molar-refractivity contribution in [1.82, 2.24) is 9.62 Å². The Hall–Kier alpha value is -1.11. The molecule has 0 aromatic heterocycles. The maximum Gasteiger partial charge on any atom is 0.214 e. The molecule has 132 valence electrons. The summed E-state index contributed by atoms with van der Waals surface area (Å²) in [5, 5.41) is -0.109. The fourth-order valence-corrected chi connectivity index (χ4v) is 5.88. The third kappa shape index (κ3) is 3.32. The van der Waals surface area contributed by atoms with E-state index in [1.165, 1.54) is 12.0 Å². The van der Waals surface area contributed by atoms with Gasteiger partial charge in [0.25, 0.3) is 0 Å². The topological polar surface area (TPSA) is 58.6 Å². The van der Waals surface area contributed by atoms with Gasteiger partial charge in [0, 0.05) is 19.1 Å². The first-order valence-electron chi connectivity index (χ1n) is 8.85. The largest absolute Gasteiger partial charge is 0.497 e. The van der Waals surface area contributed by atoms with Crippen molar-refractivity contribution in [3.8, 4) is 5.75 Å². The fourth-order valence-electron chi connectivity index (χ4n) is 4.30. The summed E-state index contributed by atoms with van der Waals surface area (Å²) >= 11 is 0. The minimum absolute atomic E-state index is 0.109. The zero-order chi connectivity index (χ0) is 16.8. The number of sulfonamides is 1. The number of nitrogens with one attached hydrogen (secondary N) is 1. The van der Waals surface area contributed by atoms with Crippen LogP contribution in [0.1, 0.15) is 37.7 Å². The van der Waals surface area contributed by atoms with Gasteiger partial charge in [-0.05, 0) is 61.8 Å². The Morgan fingerprint density at radius 1 is 1.33 bits per heavy atom. The van der Waals surface area contributed by atoms with Crippen molar-refractivity contribution >= 4 is 10.0 Å². The van der Waals surface area contributed by atoms with Crippen LogP contribution in [0.2, 0.25) is 0 Å². The quantitative estimate of drug-likeness (QED) is 0.854. The van der Waals surface area contributed by atoms with Crippen molar-refractivity contribution in [2.24, 2.45) is 5.41 Å². The predicted molar refractivity (Wildman–Crippen MR) is 93.4 cm³/mol. The van der Waals surface area contributed by atoms with Gasteiger partial charge in [0.2, 0.25) is 10.0 Å². The van der Waals surface area contributed by atoms with Gasteiger partial charge in [-0.2, -0.15) is 0 Å². The summed E-state index contributed by atoms with van der Waals surface area (Å²) in [7, 11) is -1.35. The Morgan fingerprint density at radius 2 is 2.12 bits per heavy atom. The molecule has 0 amide bonds. The molecule has 4 rings (SSSR count). The lowest BCUT2D eigenvalue weighted by Gasteiger charge is -2.45. The number of hydrogen-bond donors (Lipinski definition) is 1. The highest BCUT2D eigenvalue weighted by atomic mass is 32.2. The molecule has 1 aromatic carbocycles. The molecule has 1 spiro atoms. The minimum Gasteiger partial charge on any atom is -0.497 e. The van der Waals surface area contributed by atoms with E-state index in [9.17, 15) is 8.42 Å². The van der Waals surface area contributed by atoms with E-state index in [-0.39, 0.29) is 11.3 Å². The first kappa shape index (κ1) is 16.4. The molecule has 0 radical (unpaired) electrons. The molecule has 1 aromatic rings. The average molecular weight is 350 g/mol. The summed E-state index contributed by atoms with van der Waals surface area (Å²) in [6.07, 6.45) is 4.84. The maximum atomic E-state index is 12.0. The van der Waals surface area contributed by atoms with Crippen molar-refractivity contribution in [3.63, 3.8) is 0 Å². The minimum atomic E-state index is -3.04. The van der Waals surface area contributed by atoms with Gasteiger partial charge >= 0.3 is 0 Å². The molecule has 0 bridgehead atoms. The van der Waals surface area contributed by atoms with Crippen molar-refractivity contribution in [2.75, 3.05) is 20.2 Å². The molecule has 1 N–H and O–H groups in total. The average Bonchev–Trinajstić information content (AvgIpc) is 3.30. The second-order valence-electron chi connectivity index (χ2n) is 7.78. The van der Waals surface area contributed by atoms with Gasteiger partial charge in [0.1, 0.15) is 5.75 Å². The normalized spacial score (nSPS) is 30.5. The Labute approximate surface area is 144 Å². The van der Waals surface area contributed by atoms with Crippen LogP contribution in [0, 0.1) is 5.41 Å². The van der Waals surface area contributed by atoms with Gasteiger partial charge in [0.05, 0.1) is 12.4 Å². The van der Waals surface area contributed by atoms with E-state index < -0.39 is 10.0 Å². The van der Waals surface area contributed by atoms with E-state index in [0.29, 0.717) is 5.41 Å². The molecule has 3 aliphatic rings. The van der Waals surface area contributed by atoms with E-state index in [2.05, 4.69) is 21.8 Å². The van der Waals surface area contributed by atoms with Crippen molar-refractivity contribution in [3.05, 3.63) is 29.8 Å². The molecule has 1 heterocycles. The summed E-state index contributed by atoms with van der Waals surface area (Å²) in [6, 6.07) is 8.40. The van der Waals surface area contributed by atoms with Crippen LogP contribution in [0.5, 0.6) is 5.75 Å². The molecule has 2 saturated carbocycles. The monoisotopic (exact) mass is 350 g/mol. The van der Waals surface area contributed by atoms with E-state index in [1.807, 2.05) is 12.1 Å². The first-order valence-corrected chi connectivity index (χ1v) is 10.4. The Bertz CT molecular complexity index is 709. The number of likely N-dealkylation sites (tertiary alicyclic amines) is 1. The van der Waals surface area contributed by atoms with Crippen molar-refractivity contribution < 1.29 is 13.2 Å². The van der Waals surface area contributed by atoms with E-state index in [4.69, 9.17) is 4.74 Å². The number of nitrogens with zero attached hydrogens (tertiary/aromatic N) is 1. The molecule has 0 unspecified atom stereocenters. The van der Waals surface area contributed by atoms with Gasteiger partial charge < -0.3 is 4.74 Å². The maximum absolute atomic E-state index is 12.0. The molecule has 1 saturated heterocycles. The molecule has 6 heteroatoms. The van der Waals surface area contributed by atoms with Crippen LogP contribution in [0.15, 0.2) is 24.3 Å². The van der Waals surface area contributed by atoms with Crippen LogP contribution in [0.4, 0.5) is 0 Å². The molecular weight excluding hydrogens is 324 g/mol. The predicted octanol–water partition coefficient (Wildman–Crippen LogP) is 2.13. The Morgan fingerprint density at radius 3 is 2.83 bits per heavy atom. The van der Waals surface area contributed by atoms with Crippen LogP contribution >= 0.6 is 0 Å². The highest BCUT2D eigenvalue weighted by Crippen LogP contribution is 2.49. The standard InChI is InChI=1S/C18H26N2O3S/c1-23-16-4-2-3-14(9-16)12-20-8-7-18(13-20)10-15(11-18)19-24(21,22)17-5-6-17/h2-4,9,15,17,19H,5-8,10-13H2,1H3. The number of ether oxygens (including phenoxy) is 1. The Balaban J connectivity index is 1.29. The van der Waals surface area contributed by atoms with Gasteiger partial charge in [-0.1, -0.05) is 12.1 Å². The van der Waals surface area contributed by atoms with E-state index in [0.717, 1.165) is 51.1 Å². The molecule has 5 nitrogen and oxygen atoms in total. The zero-order valence-electron chi connectivity index (χ0n) is 14.2. The highest BCUT2D eigenvalue weighted by molar-refractivity contribution is 7.90. The highest BCUT2D eigenvalue weighted by Gasteiger charge is 2.50. The molecule has 3 fully saturated rings. The van der Waals surface area contributed by atoms with E-state index >= 15 is 0 Å². The second-order valence-corrected chi connectivity index (χ2v) is 9.77. The summed E-state index contributed by atoms with van der Waals surface area (Å²) in [5.41, 5.74) is 1.60. The van der Waals surface area contributed by atoms with Gasteiger partial charge in [0.15, 0.2) is 0 Å². The number of methoxy groups -OCH3 is 1. The molecule has 0 atom stereocenters. The third-order valence-corrected chi connectivity index (χ3v) is 7.72. The SMILES string of the molecule is COc1cccc(CN2CCC3(CC(NS(=O)(=O)C4CC4)C3)C2)c1. The van der Waals surface area contributed by atoms with Gasteiger partial charge in [-0.15, -0.1) is 0 Å². The third-order valence-electron chi connectivity index (χ3n) is 5.71. The number of hydrogen-bond acceptors (Lipinski definition) is 4. The Kier molecular flexibility index (Phi) is 4.09. The van der Waals surface area contributed by atoms with Crippen LogP contribution in [0.25, 0.3) is 0 Å². The van der Waals surface area contributed by atoms with Crippen LogP contribution in [-0.2, 0) is 16.6 Å². The van der Waals surface area contributed by atoms with Crippen LogP contribution in [-0.4, -0.2) is 44.8 Å². The number of rotatable bonds is 6. The van der Waals surface area contributed by atoms with Crippen molar-refractivity contribution in [1.29, 1.82) is 0 Å². The van der Waals surface area contributed by atoms with E-state index in [1.54, 1.807) is 7.11 Å². The summed E-state index contributed by atoms with van der Waals surface area (Å²) < 4.78 is 32.3. The molecular formula is C18H26N2O3S. The first-order chi connectivity index (χ1) is 11.5. The van der Waals surface area contributed by atoms with Crippen LogP contribution in [0.3, 0.4) is 0 Å². The van der Waals surface area contributed by atoms with Gasteiger partial charge in [-0.3, -0.25) is 4.90 Å². The summed E-state index contributed by atoms with van der Waals surface area (Å²) in [6.45, 7) is 3.11. The molecule has 1 aliphatic heterocycles. The lowest BCUT2D eigenvalue weighted by atomic mass is 9.65. The smallest absolute Gasteiger partial charge is 0.214 e. The molecule has 24 heavy (non-hydrogen) atoms. The summed E-state index contributed by atoms with van der Waals surface area (Å²) in [5.74, 6) is 0.902. The van der Waals surface area contributed by atoms with Gasteiger partial charge in [-0.25, -0.2) is 13.1 Å². The fraction of sp³-hybridized carbons (Fsp3) is 0.667.